The summed E-state index contributed by atoms with van der Waals surface area (Å²) >= 11 is 0. The smallest absolute Gasteiger partial charge is 0.227 e. The van der Waals surface area contributed by atoms with E-state index in [0.29, 0.717) is 0 Å². The lowest BCUT2D eigenvalue weighted by Gasteiger charge is -2.14. The molecule has 0 radical (unpaired) electrons. The maximum atomic E-state index is 12.1. The largest absolute Gasteiger partial charge is 0.497 e. The van der Waals surface area contributed by atoms with Gasteiger partial charge in [0.2, 0.25) is 5.91 Å². The number of ether oxygens (including phenoxy) is 1. The van der Waals surface area contributed by atoms with E-state index < -0.39 is 0 Å². The molecular weight excluding hydrogens is 226 g/mol. The van der Waals surface area contributed by atoms with Gasteiger partial charge in [-0.25, -0.2) is 0 Å². The fourth-order valence-electron chi connectivity index (χ4n) is 1.89. The van der Waals surface area contributed by atoms with Gasteiger partial charge in [0.05, 0.1) is 7.11 Å². The molecular formula is C15H23NO2. The van der Waals surface area contributed by atoms with Crippen molar-refractivity contribution in [3.63, 3.8) is 0 Å². The number of amides is 1. The summed E-state index contributed by atoms with van der Waals surface area (Å²) in [7, 11) is 1.63. The van der Waals surface area contributed by atoms with Crippen LogP contribution in [0.3, 0.4) is 0 Å². The van der Waals surface area contributed by atoms with Crippen LogP contribution < -0.4 is 10.1 Å². The maximum Gasteiger partial charge on any atom is 0.227 e. The molecule has 0 bridgehead atoms. The van der Waals surface area contributed by atoms with Crippen LogP contribution in [0.15, 0.2) is 24.3 Å². The molecule has 18 heavy (non-hydrogen) atoms. The highest BCUT2D eigenvalue weighted by molar-refractivity contribution is 5.92. The Labute approximate surface area is 110 Å². The predicted molar refractivity (Wildman–Crippen MR) is 74.9 cm³/mol. The third-order valence-electron chi connectivity index (χ3n) is 3.13. The minimum Gasteiger partial charge on any atom is -0.497 e. The van der Waals surface area contributed by atoms with Gasteiger partial charge >= 0.3 is 0 Å². The lowest BCUT2D eigenvalue weighted by molar-refractivity contribution is -0.120. The Bertz CT molecular complexity index is 359. The van der Waals surface area contributed by atoms with Gasteiger partial charge in [0.25, 0.3) is 0 Å². The maximum absolute atomic E-state index is 12.1. The highest BCUT2D eigenvalue weighted by atomic mass is 16.5. The van der Waals surface area contributed by atoms with Crippen molar-refractivity contribution in [3.05, 3.63) is 24.3 Å². The van der Waals surface area contributed by atoms with Gasteiger partial charge in [0.15, 0.2) is 0 Å². The molecule has 0 saturated carbocycles. The molecule has 1 atom stereocenters. The van der Waals surface area contributed by atoms with Crippen molar-refractivity contribution in [1.29, 1.82) is 0 Å². The van der Waals surface area contributed by atoms with Gasteiger partial charge in [-0.2, -0.15) is 0 Å². The summed E-state index contributed by atoms with van der Waals surface area (Å²) in [6.07, 6.45) is 4.10. The van der Waals surface area contributed by atoms with E-state index in [2.05, 4.69) is 19.2 Å². The Kier molecular flexibility index (Phi) is 6.26. The van der Waals surface area contributed by atoms with Crippen molar-refractivity contribution >= 4 is 11.6 Å². The molecule has 0 aliphatic carbocycles. The second kappa shape index (κ2) is 7.75. The van der Waals surface area contributed by atoms with Gasteiger partial charge in [0, 0.05) is 11.6 Å². The van der Waals surface area contributed by atoms with Crippen LogP contribution in [-0.2, 0) is 4.79 Å². The molecule has 0 aliphatic heterocycles. The molecule has 0 spiro atoms. The molecule has 1 amide bonds. The van der Waals surface area contributed by atoms with E-state index in [9.17, 15) is 4.79 Å². The topological polar surface area (TPSA) is 38.3 Å². The van der Waals surface area contributed by atoms with Crippen LogP contribution in [0.1, 0.15) is 39.5 Å². The molecule has 0 aromatic heterocycles. The number of rotatable bonds is 7. The van der Waals surface area contributed by atoms with Crippen LogP contribution in [0.4, 0.5) is 5.69 Å². The third-order valence-corrected chi connectivity index (χ3v) is 3.13. The number of anilines is 1. The van der Waals surface area contributed by atoms with Crippen LogP contribution in [0.25, 0.3) is 0 Å². The fraction of sp³-hybridized carbons (Fsp3) is 0.533. The molecule has 100 valence electrons. The summed E-state index contributed by atoms with van der Waals surface area (Å²) in [6, 6.07) is 7.43. The lowest BCUT2D eigenvalue weighted by atomic mass is 9.98. The van der Waals surface area contributed by atoms with Crippen LogP contribution in [0, 0.1) is 5.92 Å². The molecule has 1 aromatic rings. The first-order valence-corrected chi connectivity index (χ1v) is 6.66. The normalized spacial score (nSPS) is 11.9. The summed E-state index contributed by atoms with van der Waals surface area (Å²) in [6.45, 7) is 4.21. The van der Waals surface area contributed by atoms with Crippen LogP contribution >= 0.6 is 0 Å². The van der Waals surface area contributed by atoms with Crippen molar-refractivity contribution < 1.29 is 9.53 Å². The summed E-state index contributed by atoms with van der Waals surface area (Å²) in [4.78, 5) is 12.1. The van der Waals surface area contributed by atoms with E-state index in [-0.39, 0.29) is 11.8 Å². The lowest BCUT2D eigenvalue weighted by Crippen LogP contribution is -2.22. The summed E-state index contributed by atoms with van der Waals surface area (Å²) in [5.74, 6) is 1.04. The Balaban J connectivity index is 2.55. The van der Waals surface area contributed by atoms with Crippen LogP contribution in [-0.4, -0.2) is 13.0 Å². The van der Waals surface area contributed by atoms with Gasteiger partial charge < -0.3 is 10.1 Å². The number of hydrogen-bond donors (Lipinski definition) is 1. The molecule has 0 heterocycles. The molecule has 1 aromatic carbocycles. The van der Waals surface area contributed by atoms with Crippen molar-refractivity contribution in [1.82, 2.24) is 0 Å². The van der Waals surface area contributed by atoms with Crippen molar-refractivity contribution in [3.8, 4) is 5.75 Å². The predicted octanol–water partition coefficient (Wildman–Crippen LogP) is 3.85. The fourth-order valence-corrected chi connectivity index (χ4v) is 1.89. The van der Waals surface area contributed by atoms with Crippen LogP contribution in [0.2, 0.25) is 0 Å². The Morgan fingerprint density at radius 2 is 1.94 bits per heavy atom. The van der Waals surface area contributed by atoms with E-state index in [1.54, 1.807) is 7.11 Å². The zero-order valence-electron chi connectivity index (χ0n) is 11.5. The van der Waals surface area contributed by atoms with E-state index >= 15 is 0 Å². The van der Waals surface area contributed by atoms with Gasteiger partial charge in [-0.15, -0.1) is 0 Å². The molecule has 3 nitrogen and oxygen atoms in total. The average molecular weight is 249 g/mol. The quantitative estimate of drug-likeness (QED) is 0.797. The van der Waals surface area contributed by atoms with Gasteiger partial charge in [0.1, 0.15) is 5.75 Å². The summed E-state index contributed by atoms with van der Waals surface area (Å²) < 4.78 is 5.08. The molecule has 1 N–H and O–H groups in total. The Morgan fingerprint density at radius 1 is 1.28 bits per heavy atom. The third kappa shape index (κ3) is 4.40. The Morgan fingerprint density at radius 3 is 2.44 bits per heavy atom. The van der Waals surface area contributed by atoms with Gasteiger partial charge in [-0.3, -0.25) is 4.79 Å². The summed E-state index contributed by atoms with van der Waals surface area (Å²) in [5.41, 5.74) is 0.829. The molecule has 0 saturated heterocycles. The monoisotopic (exact) mass is 249 g/mol. The van der Waals surface area contributed by atoms with E-state index in [1.165, 1.54) is 0 Å². The van der Waals surface area contributed by atoms with Gasteiger partial charge in [-0.1, -0.05) is 26.7 Å². The molecule has 3 heteroatoms. The van der Waals surface area contributed by atoms with Crippen LogP contribution in [0.5, 0.6) is 5.75 Å². The van der Waals surface area contributed by atoms with E-state index in [4.69, 9.17) is 4.74 Å². The number of carbonyl (C=O) groups is 1. The number of methoxy groups -OCH3 is 1. The molecule has 0 unspecified atom stereocenters. The average Bonchev–Trinajstić information content (AvgIpc) is 2.40. The molecule has 0 fully saturated rings. The second-order valence-electron chi connectivity index (χ2n) is 4.47. The summed E-state index contributed by atoms with van der Waals surface area (Å²) in [5, 5.41) is 2.96. The first kappa shape index (κ1) is 14.6. The zero-order valence-corrected chi connectivity index (χ0v) is 11.5. The van der Waals surface area contributed by atoms with E-state index in [0.717, 1.165) is 37.1 Å². The zero-order chi connectivity index (χ0) is 13.4. The van der Waals surface area contributed by atoms with Crippen molar-refractivity contribution in [2.24, 2.45) is 5.92 Å². The highest BCUT2D eigenvalue weighted by Gasteiger charge is 2.15. The number of benzene rings is 1. The number of unbranched alkanes of at least 4 members (excludes halogenated alkanes) is 1. The minimum atomic E-state index is 0.118. The molecule has 0 aliphatic rings. The number of carbonyl (C=O) groups excluding carboxylic acids is 1. The van der Waals surface area contributed by atoms with E-state index in [1.807, 2.05) is 24.3 Å². The Hall–Kier alpha value is -1.51. The number of hydrogen-bond acceptors (Lipinski definition) is 2. The minimum absolute atomic E-state index is 0.118. The first-order valence-electron chi connectivity index (χ1n) is 6.66. The molecule has 1 rings (SSSR count). The number of nitrogens with one attached hydrogen (secondary N) is 1. The standard InChI is InChI=1S/C15H23NO2/c1-4-6-7-12(5-2)15(17)16-13-8-10-14(18-3)11-9-13/h8-12H,4-7H2,1-3H3,(H,16,17)/t12-/m1/s1. The van der Waals surface area contributed by atoms with Gasteiger partial charge in [-0.05, 0) is 37.1 Å². The van der Waals surface area contributed by atoms with Crippen molar-refractivity contribution in [2.45, 2.75) is 39.5 Å². The SMILES string of the molecule is CCCC[C@@H](CC)C(=O)Nc1ccc(OC)cc1. The first-order chi connectivity index (χ1) is 8.71. The second-order valence-corrected chi connectivity index (χ2v) is 4.47. The highest BCUT2D eigenvalue weighted by Crippen LogP contribution is 2.18. The van der Waals surface area contributed by atoms with Crippen molar-refractivity contribution in [2.75, 3.05) is 12.4 Å².